The van der Waals surface area contributed by atoms with Gasteiger partial charge in [-0.25, -0.2) is 0 Å². The Morgan fingerprint density at radius 2 is 2.27 bits per heavy atom. The van der Waals surface area contributed by atoms with E-state index in [9.17, 15) is 5.11 Å². The molecule has 2 atom stereocenters. The van der Waals surface area contributed by atoms with E-state index in [4.69, 9.17) is 5.73 Å². The Kier molecular flexibility index (Phi) is 1.56. The quantitative estimate of drug-likeness (QED) is 0.674. The fraction of sp³-hybridized carbons (Fsp3) is 0.333. The number of aliphatic hydroxyl groups is 1. The summed E-state index contributed by atoms with van der Waals surface area (Å²) >= 11 is 0. The standard InChI is InChI=1S/C12H14N2O/c1-12(15)9-4-2-3-8-5-6-14(11(8)9)7-10(12)13/h2-6,10,15H,7,13H2,1H3/t10-,12?/m1/s1. The summed E-state index contributed by atoms with van der Waals surface area (Å²) in [6.07, 6.45) is 2.03. The molecule has 0 amide bonds. The molecule has 0 bridgehead atoms. The van der Waals surface area contributed by atoms with Gasteiger partial charge in [0, 0.05) is 18.3 Å². The van der Waals surface area contributed by atoms with Gasteiger partial charge in [-0.05, 0) is 18.4 Å². The average Bonchev–Trinajstić information content (AvgIpc) is 2.60. The van der Waals surface area contributed by atoms with Crippen LogP contribution in [0.1, 0.15) is 12.5 Å². The van der Waals surface area contributed by atoms with Gasteiger partial charge < -0.3 is 15.4 Å². The highest BCUT2D eigenvalue weighted by molar-refractivity contribution is 5.84. The molecule has 78 valence electrons. The number of hydrogen-bond acceptors (Lipinski definition) is 2. The van der Waals surface area contributed by atoms with Gasteiger partial charge in [0.15, 0.2) is 0 Å². The summed E-state index contributed by atoms with van der Waals surface area (Å²) in [5.74, 6) is 0. The minimum absolute atomic E-state index is 0.247. The first-order chi connectivity index (χ1) is 7.10. The summed E-state index contributed by atoms with van der Waals surface area (Å²) in [4.78, 5) is 0. The van der Waals surface area contributed by atoms with E-state index >= 15 is 0 Å². The summed E-state index contributed by atoms with van der Waals surface area (Å²) in [6, 6.07) is 7.80. The van der Waals surface area contributed by atoms with Crippen molar-refractivity contribution < 1.29 is 5.11 Å². The van der Waals surface area contributed by atoms with Crippen molar-refractivity contribution in [1.29, 1.82) is 0 Å². The van der Waals surface area contributed by atoms with E-state index in [0.29, 0.717) is 6.54 Å². The van der Waals surface area contributed by atoms with Crippen LogP contribution in [0, 0.1) is 0 Å². The van der Waals surface area contributed by atoms with Gasteiger partial charge in [0.2, 0.25) is 0 Å². The van der Waals surface area contributed by atoms with E-state index in [2.05, 4.69) is 16.7 Å². The number of nitrogens with zero attached hydrogens (tertiary/aromatic N) is 1. The van der Waals surface area contributed by atoms with E-state index in [1.807, 2.05) is 18.3 Å². The lowest BCUT2D eigenvalue weighted by Gasteiger charge is -2.36. The van der Waals surface area contributed by atoms with Gasteiger partial charge in [-0.2, -0.15) is 0 Å². The molecule has 15 heavy (non-hydrogen) atoms. The van der Waals surface area contributed by atoms with E-state index in [1.165, 1.54) is 5.39 Å². The van der Waals surface area contributed by atoms with Crippen LogP contribution < -0.4 is 5.73 Å². The van der Waals surface area contributed by atoms with Crippen molar-refractivity contribution in [1.82, 2.24) is 4.57 Å². The molecule has 0 aliphatic carbocycles. The third kappa shape index (κ3) is 1.02. The largest absolute Gasteiger partial charge is 0.384 e. The van der Waals surface area contributed by atoms with Crippen LogP contribution in [0.3, 0.4) is 0 Å². The Hall–Kier alpha value is -1.32. The van der Waals surface area contributed by atoms with Gasteiger partial charge in [0.25, 0.3) is 0 Å². The van der Waals surface area contributed by atoms with Crippen molar-refractivity contribution in [3.63, 3.8) is 0 Å². The highest BCUT2D eigenvalue weighted by Crippen LogP contribution is 2.35. The highest BCUT2D eigenvalue weighted by Gasteiger charge is 2.37. The predicted molar refractivity (Wildman–Crippen MR) is 59.5 cm³/mol. The predicted octanol–water partition coefficient (Wildman–Crippen LogP) is 1.19. The highest BCUT2D eigenvalue weighted by atomic mass is 16.3. The Balaban J connectivity index is 2.42. The van der Waals surface area contributed by atoms with Crippen LogP contribution in [0.4, 0.5) is 0 Å². The lowest BCUT2D eigenvalue weighted by Crippen LogP contribution is -2.48. The molecule has 1 aliphatic heterocycles. The molecule has 0 spiro atoms. The Labute approximate surface area is 88.1 Å². The SMILES string of the molecule is CC1(O)c2cccc3ccn(c23)C[C@H]1N. The summed E-state index contributed by atoms with van der Waals surface area (Å²) in [7, 11) is 0. The molecule has 3 nitrogen and oxygen atoms in total. The van der Waals surface area contributed by atoms with Crippen LogP contribution in [0.25, 0.3) is 10.9 Å². The van der Waals surface area contributed by atoms with Crippen LogP contribution in [-0.4, -0.2) is 15.7 Å². The Morgan fingerprint density at radius 3 is 3.07 bits per heavy atom. The maximum atomic E-state index is 10.4. The number of benzene rings is 1. The topological polar surface area (TPSA) is 51.2 Å². The number of aromatic nitrogens is 1. The molecule has 2 aromatic rings. The Bertz CT molecular complexity index is 527. The fourth-order valence-electron chi connectivity index (χ4n) is 2.41. The molecule has 3 heteroatoms. The van der Waals surface area contributed by atoms with E-state index in [1.54, 1.807) is 6.92 Å². The van der Waals surface area contributed by atoms with E-state index in [0.717, 1.165) is 11.1 Å². The van der Waals surface area contributed by atoms with Crippen LogP contribution in [-0.2, 0) is 12.1 Å². The average molecular weight is 202 g/mol. The van der Waals surface area contributed by atoms with Crippen molar-refractivity contribution in [2.24, 2.45) is 5.73 Å². The van der Waals surface area contributed by atoms with Crippen LogP contribution in [0.5, 0.6) is 0 Å². The van der Waals surface area contributed by atoms with Gasteiger partial charge in [0.05, 0.1) is 11.6 Å². The molecular weight excluding hydrogens is 188 g/mol. The first-order valence-corrected chi connectivity index (χ1v) is 5.17. The minimum atomic E-state index is -0.923. The van der Waals surface area contributed by atoms with Crippen LogP contribution in [0.2, 0.25) is 0 Å². The smallest absolute Gasteiger partial charge is 0.106 e. The van der Waals surface area contributed by atoms with Crippen molar-refractivity contribution in [2.45, 2.75) is 25.1 Å². The first kappa shape index (κ1) is 8.95. The Morgan fingerprint density at radius 1 is 1.47 bits per heavy atom. The summed E-state index contributed by atoms with van der Waals surface area (Å²) in [5.41, 5.74) is 7.12. The fourth-order valence-corrected chi connectivity index (χ4v) is 2.41. The minimum Gasteiger partial charge on any atom is -0.384 e. The zero-order valence-corrected chi connectivity index (χ0v) is 8.64. The molecule has 0 saturated carbocycles. The lowest BCUT2D eigenvalue weighted by atomic mass is 9.85. The second kappa shape index (κ2) is 2.62. The van der Waals surface area contributed by atoms with E-state index < -0.39 is 5.60 Å². The van der Waals surface area contributed by atoms with Crippen molar-refractivity contribution in [3.8, 4) is 0 Å². The number of para-hydroxylation sites is 1. The summed E-state index contributed by atoms with van der Waals surface area (Å²) in [6.45, 7) is 2.47. The molecule has 3 rings (SSSR count). The molecular formula is C12H14N2O. The van der Waals surface area contributed by atoms with Gasteiger partial charge in [-0.15, -0.1) is 0 Å². The van der Waals surface area contributed by atoms with E-state index in [-0.39, 0.29) is 6.04 Å². The van der Waals surface area contributed by atoms with Crippen LogP contribution in [0.15, 0.2) is 30.5 Å². The molecule has 1 aromatic heterocycles. The van der Waals surface area contributed by atoms with Crippen molar-refractivity contribution in [3.05, 3.63) is 36.0 Å². The van der Waals surface area contributed by atoms with Gasteiger partial charge in [-0.3, -0.25) is 0 Å². The van der Waals surface area contributed by atoms with Crippen molar-refractivity contribution in [2.75, 3.05) is 0 Å². The number of hydrogen-bond donors (Lipinski definition) is 2. The lowest BCUT2D eigenvalue weighted by molar-refractivity contribution is 0.0197. The maximum Gasteiger partial charge on any atom is 0.106 e. The zero-order valence-electron chi connectivity index (χ0n) is 8.64. The van der Waals surface area contributed by atoms with Crippen molar-refractivity contribution >= 4 is 10.9 Å². The molecule has 2 heterocycles. The molecule has 1 unspecified atom stereocenters. The van der Waals surface area contributed by atoms with Gasteiger partial charge in [0.1, 0.15) is 5.60 Å². The molecule has 0 radical (unpaired) electrons. The molecule has 1 aromatic carbocycles. The molecule has 3 N–H and O–H groups in total. The zero-order chi connectivity index (χ0) is 10.6. The molecule has 0 fully saturated rings. The first-order valence-electron chi connectivity index (χ1n) is 5.17. The second-order valence-electron chi connectivity index (χ2n) is 4.47. The van der Waals surface area contributed by atoms with Gasteiger partial charge in [-0.1, -0.05) is 18.2 Å². The normalized spacial score (nSPS) is 29.7. The summed E-state index contributed by atoms with van der Waals surface area (Å²) < 4.78 is 2.12. The van der Waals surface area contributed by atoms with Gasteiger partial charge >= 0.3 is 0 Å². The third-order valence-electron chi connectivity index (χ3n) is 3.45. The summed E-state index contributed by atoms with van der Waals surface area (Å²) in [5, 5.41) is 11.6. The van der Waals surface area contributed by atoms with Crippen LogP contribution >= 0.6 is 0 Å². The number of nitrogens with two attached hydrogens (primary N) is 1. The second-order valence-corrected chi connectivity index (χ2v) is 4.47. The monoisotopic (exact) mass is 202 g/mol. The molecule has 0 saturated heterocycles. The number of rotatable bonds is 0. The third-order valence-corrected chi connectivity index (χ3v) is 3.45. The molecule has 1 aliphatic rings. The maximum absolute atomic E-state index is 10.4.